The van der Waals surface area contributed by atoms with Gasteiger partial charge in [-0.3, -0.25) is 0 Å². The summed E-state index contributed by atoms with van der Waals surface area (Å²) in [7, 11) is 0.466. The molecule has 2 heterocycles. The lowest BCUT2D eigenvalue weighted by Gasteiger charge is -2.35. The number of piperidine rings is 1. The minimum atomic E-state index is -3.38. The van der Waals surface area contributed by atoms with Gasteiger partial charge < -0.3 is 14.5 Å². The number of nitrogens with zero attached hydrogens (tertiary/aromatic N) is 3. The summed E-state index contributed by atoms with van der Waals surface area (Å²) in [5.41, 5.74) is 0.157. The van der Waals surface area contributed by atoms with Gasteiger partial charge in [-0.25, -0.2) is 4.72 Å². The van der Waals surface area contributed by atoms with Crippen LogP contribution in [0.2, 0.25) is 0 Å². The van der Waals surface area contributed by atoms with Crippen molar-refractivity contribution in [2.45, 2.75) is 25.7 Å². The summed E-state index contributed by atoms with van der Waals surface area (Å²) >= 11 is 0. The monoisotopic (exact) mass is 374 g/mol. The second-order valence-electron chi connectivity index (χ2n) is 8.23. The van der Waals surface area contributed by atoms with Crippen LogP contribution in [-0.4, -0.2) is 95.6 Å². The Morgan fingerprint density at radius 2 is 1.88 bits per heavy atom. The highest BCUT2D eigenvalue weighted by atomic mass is 32.2. The van der Waals surface area contributed by atoms with Gasteiger partial charge in [0.1, 0.15) is 0 Å². The molecule has 0 aromatic rings. The summed E-state index contributed by atoms with van der Waals surface area (Å²) in [6.45, 7) is 7.84. The maximum Gasteiger partial charge on any atom is 0.279 e. The average Bonchev–Trinajstić information content (AvgIpc) is 3.36. The Hall–Kier alpha value is -0.250. The number of hydrogen-bond acceptors (Lipinski definition) is 5. The van der Waals surface area contributed by atoms with Crippen molar-refractivity contribution in [3.63, 3.8) is 0 Å². The van der Waals surface area contributed by atoms with Crippen LogP contribution >= 0.6 is 0 Å². The van der Waals surface area contributed by atoms with Gasteiger partial charge in [-0.15, -0.1) is 0 Å². The molecule has 0 amide bonds. The fourth-order valence-electron chi connectivity index (χ4n) is 4.00. The summed E-state index contributed by atoms with van der Waals surface area (Å²) < 4.78 is 35.1. The number of ether oxygens (including phenoxy) is 1. The molecule has 8 heteroatoms. The molecule has 146 valence electrons. The van der Waals surface area contributed by atoms with Gasteiger partial charge in [-0.1, -0.05) is 0 Å². The highest BCUT2D eigenvalue weighted by Crippen LogP contribution is 2.46. The lowest BCUT2D eigenvalue weighted by Crippen LogP contribution is -2.50. The molecule has 3 aliphatic rings. The third kappa shape index (κ3) is 5.37. The van der Waals surface area contributed by atoms with Gasteiger partial charge in [0.2, 0.25) is 0 Å². The largest absolute Gasteiger partial charge is 0.384 e. The van der Waals surface area contributed by atoms with Gasteiger partial charge in [0.05, 0.1) is 6.61 Å². The second kappa shape index (κ2) is 8.19. The van der Waals surface area contributed by atoms with E-state index in [-0.39, 0.29) is 5.41 Å². The molecule has 0 bridgehead atoms. The highest BCUT2D eigenvalue weighted by molar-refractivity contribution is 7.87. The van der Waals surface area contributed by atoms with Crippen LogP contribution in [0.25, 0.3) is 0 Å². The Kier molecular flexibility index (Phi) is 6.39. The van der Waals surface area contributed by atoms with E-state index in [0.29, 0.717) is 32.2 Å². The lowest BCUT2D eigenvalue weighted by atomic mass is 10.0. The van der Waals surface area contributed by atoms with E-state index < -0.39 is 10.2 Å². The molecule has 2 aliphatic heterocycles. The van der Waals surface area contributed by atoms with Crippen LogP contribution < -0.4 is 4.72 Å². The molecule has 1 atom stereocenters. The smallest absolute Gasteiger partial charge is 0.279 e. The maximum absolute atomic E-state index is 12.7. The minimum Gasteiger partial charge on any atom is -0.384 e. The van der Waals surface area contributed by atoms with Gasteiger partial charge in [-0.2, -0.15) is 12.7 Å². The standard InChI is InChI=1S/C17H34N4O3S/c1-19-8-10-20(11-9-19)15-17(5-6-17)14-18-25(22,23)21-7-3-4-16(12-21)13-24-2/h16,18H,3-15H2,1-2H3. The lowest BCUT2D eigenvalue weighted by molar-refractivity contribution is 0.117. The normalized spacial score (nSPS) is 29.0. The van der Waals surface area contributed by atoms with E-state index in [1.807, 2.05) is 0 Å². The summed E-state index contributed by atoms with van der Waals surface area (Å²) in [5, 5.41) is 0. The molecule has 0 radical (unpaired) electrons. The fraction of sp³-hybridized carbons (Fsp3) is 1.00. The van der Waals surface area contributed by atoms with E-state index in [1.54, 1.807) is 11.4 Å². The summed E-state index contributed by atoms with van der Waals surface area (Å²) in [4.78, 5) is 4.85. The minimum absolute atomic E-state index is 0.157. The van der Waals surface area contributed by atoms with Crippen molar-refractivity contribution in [2.24, 2.45) is 11.3 Å². The molecule has 1 N–H and O–H groups in total. The Morgan fingerprint density at radius 1 is 1.16 bits per heavy atom. The third-order valence-electron chi connectivity index (χ3n) is 5.97. The van der Waals surface area contributed by atoms with Crippen molar-refractivity contribution in [2.75, 3.05) is 73.1 Å². The zero-order valence-corrected chi connectivity index (χ0v) is 16.6. The van der Waals surface area contributed by atoms with Crippen LogP contribution in [0.1, 0.15) is 25.7 Å². The number of rotatable bonds is 8. The quantitative estimate of drug-likeness (QED) is 0.658. The van der Waals surface area contributed by atoms with Gasteiger partial charge in [0.25, 0.3) is 10.2 Å². The molecule has 3 rings (SSSR count). The Balaban J connectivity index is 1.48. The van der Waals surface area contributed by atoms with Crippen molar-refractivity contribution in [1.82, 2.24) is 18.8 Å². The van der Waals surface area contributed by atoms with Gasteiger partial charge in [0.15, 0.2) is 0 Å². The molecule has 3 fully saturated rings. The predicted molar refractivity (Wildman–Crippen MR) is 98.7 cm³/mol. The first-order chi connectivity index (χ1) is 11.9. The van der Waals surface area contributed by atoms with E-state index in [9.17, 15) is 8.42 Å². The molecular weight excluding hydrogens is 340 g/mol. The van der Waals surface area contributed by atoms with Gasteiger partial charge in [-0.05, 0) is 44.1 Å². The van der Waals surface area contributed by atoms with Crippen LogP contribution in [0.5, 0.6) is 0 Å². The van der Waals surface area contributed by atoms with E-state index in [1.165, 1.54) is 0 Å². The molecular formula is C17H34N4O3S. The van der Waals surface area contributed by atoms with E-state index >= 15 is 0 Å². The van der Waals surface area contributed by atoms with Crippen LogP contribution in [0.15, 0.2) is 0 Å². The SMILES string of the molecule is COCC1CCCN(S(=O)(=O)NCC2(CN3CCN(C)CC3)CC2)C1. The molecule has 25 heavy (non-hydrogen) atoms. The van der Waals surface area contributed by atoms with Crippen molar-refractivity contribution < 1.29 is 13.2 Å². The molecule has 0 aromatic heterocycles. The first-order valence-corrected chi connectivity index (χ1v) is 11.0. The first-order valence-electron chi connectivity index (χ1n) is 9.57. The molecule has 1 saturated carbocycles. The predicted octanol–water partition coefficient (Wildman–Crippen LogP) is 0.207. The number of nitrogens with one attached hydrogen (secondary N) is 1. The number of methoxy groups -OCH3 is 1. The van der Waals surface area contributed by atoms with Crippen LogP contribution in [0.4, 0.5) is 0 Å². The van der Waals surface area contributed by atoms with Crippen molar-refractivity contribution >= 4 is 10.2 Å². The molecule has 7 nitrogen and oxygen atoms in total. The molecule has 2 saturated heterocycles. The van der Waals surface area contributed by atoms with E-state index in [4.69, 9.17) is 4.74 Å². The molecule has 0 spiro atoms. The van der Waals surface area contributed by atoms with E-state index in [2.05, 4.69) is 21.6 Å². The summed E-state index contributed by atoms with van der Waals surface area (Å²) in [6, 6.07) is 0. The second-order valence-corrected chi connectivity index (χ2v) is 9.98. The highest BCUT2D eigenvalue weighted by Gasteiger charge is 2.45. The Morgan fingerprint density at radius 3 is 2.52 bits per heavy atom. The Bertz CT molecular complexity index is 528. The Labute approximate surface area is 152 Å². The fourth-order valence-corrected chi connectivity index (χ4v) is 5.45. The van der Waals surface area contributed by atoms with E-state index in [0.717, 1.165) is 58.4 Å². The maximum atomic E-state index is 12.7. The van der Waals surface area contributed by atoms with Crippen molar-refractivity contribution in [3.8, 4) is 0 Å². The van der Waals surface area contributed by atoms with Crippen LogP contribution in [0.3, 0.4) is 0 Å². The molecule has 1 aliphatic carbocycles. The molecule has 1 unspecified atom stereocenters. The van der Waals surface area contributed by atoms with Crippen LogP contribution in [0, 0.1) is 11.3 Å². The van der Waals surface area contributed by atoms with Crippen molar-refractivity contribution in [1.29, 1.82) is 0 Å². The molecule has 0 aromatic carbocycles. The average molecular weight is 375 g/mol. The number of likely N-dealkylation sites (N-methyl/N-ethyl adjacent to an activating group) is 1. The number of piperazine rings is 1. The topological polar surface area (TPSA) is 65.1 Å². The zero-order valence-electron chi connectivity index (χ0n) is 15.7. The number of hydrogen-bond donors (Lipinski definition) is 1. The van der Waals surface area contributed by atoms with Crippen molar-refractivity contribution in [3.05, 3.63) is 0 Å². The first kappa shape index (κ1) is 19.5. The third-order valence-corrected chi connectivity index (χ3v) is 7.49. The van der Waals surface area contributed by atoms with Crippen LogP contribution in [-0.2, 0) is 14.9 Å². The summed E-state index contributed by atoms with van der Waals surface area (Å²) in [5.74, 6) is 0.315. The summed E-state index contributed by atoms with van der Waals surface area (Å²) in [6.07, 6.45) is 4.23. The van der Waals surface area contributed by atoms with Gasteiger partial charge >= 0.3 is 0 Å². The zero-order chi connectivity index (χ0) is 17.9. The van der Waals surface area contributed by atoms with Gasteiger partial charge in [0, 0.05) is 59.5 Å².